The van der Waals surface area contributed by atoms with Gasteiger partial charge in [0.2, 0.25) is 0 Å². The summed E-state index contributed by atoms with van der Waals surface area (Å²) in [6, 6.07) is 6.15. The third kappa shape index (κ3) is 3.88. The zero-order valence-electron chi connectivity index (χ0n) is 14.6. The molecule has 0 spiro atoms. The molecule has 0 saturated heterocycles. The topological polar surface area (TPSA) is 45.3 Å². The van der Waals surface area contributed by atoms with E-state index in [-0.39, 0.29) is 0 Å². The number of benzene rings is 1. The Morgan fingerprint density at radius 1 is 1.38 bits per heavy atom. The van der Waals surface area contributed by atoms with Crippen LogP contribution < -0.4 is 4.74 Å². The van der Waals surface area contributed by atoms with E-state index in [4.69, 9.17) is 4.74 Å². The number of methoxy groups -OCH3 is 1. The molecule has 0 fully saturated rings. The molecule has 1 aromatic carbocycles. The summed E-state index contributed by atoms with van der Waals surface area (Å²) in [6.07, 6.45) is 7.80. The van der Waals surface area contributed by atoms with Crippen LogP contribution in [0.15, 0.2) is 36.0 Å². The first-order chi connectivity index (χ1) is 11.7. The maximum atomic E-state index is 11.5. The second kappa shape index (κ2) is 7.67. The minimum Gasteiger partial charge on any atom is -0.497 e. The molecule has 0 atom stereocenters. The Morgan fingerprint density at radius 3 is 3.04 bits per heavy atom. The summed E-state index contributed by atoms with van der Waals surface area (Å²) >= 11 is 0. The molecular weight excluding hydrogens is 300 g/mol. The Hall–Kier alpha value is -2.07. The molecule has 0 bridgehead atoms. The summed E-state index contributed by atoms with van der Waals surface area (Å²) in [5.41, 5.74) is 3.89. The summed E-state index contributed by atoms with van der Waals surface area (Å²) in [5.74, 6) is 1.25. The number of Topliss-reactive ketones (excluding diaryl/α,β-unsaturated/α-hetero) is 1. The summed E-state index contributed by atoms with van der Waals surface area (Å²) < 4.78 is 5.35. The van der Waals surface area contributed by atoms with E-state index < -0.39 is 0 Å². The first kappa shape index (κ1) is 16.8. The number of rotatable bonds is 7. The highest BCUT2D eigenvalue weighted by Gasteiger charge is 2.15. The van der Waals surface area contributed by atoms with Crippen molar-refractivity contribution in [1.82, 2.24) is 9.88 Å². The number of hydrogen-bond donors (Lipinski definition) is 1. The van der Waals surface area contributed by atoms with Crippen LogP contribution in [-0.4, -0.2) is 42.4 Å². The van der Waals surface area contributed by atoms with E-state index in [0.717, 1.165) is 43.7 Å². The second-order valence-electron chi connectivity index (χ2n) is 6.47. The Labute approximate surface area is 143 Å². The lowest BCUT2D eigenvalue weighted by Gasteiger charge is -2.27. The van der Waals surface area contributed by atoms with Crippen molar-refractivity contribution in [2.24, 2.45) is 0 Å². The highest BCUT2D eigenvalue weighted by Crippen LogP contribution is 2.26. The number of aromatic nitrogens is 1. The van der Waals surface area contributed by atoms with Gasteiger partial charge in [0.05, 0.1) is 7.11 Å². The maximum Gasteiger partial charge on any atom is 0.133 e. The largest absolute Gasteiger partial charge is 0.497 e. The third-order valence-corrected chi connectivity index (χ3v) is 4.80. The van der Waals surface area contributed by atoms with Crippen molar-refractivity contribution < 1.29 is 9.53 Å². The lowest BCUT2D eigenvalue weighted by Crippen LogP contribution is -2.32. The highest BCUT2D eigenvalue weighted by atomic mass is 16.5. The van der Waals surface area contributed by atoms with Crippen molar-refractivity contribution in [3.05, 3.63) is 41.6 Å². The predicted octanol–water partition coefficient (Wildman–Crippen LogP) is 3.72. The molecule has 0 radical (unpaired) electrons. The normalized spacial score (nSPS) is 15.5. The van der Waals surface area contributed by atoms with E-state index in [1.807, 2.05) is 13.0 Å². The minimum absolute atomic E-state index is 0.356. The zero-order valence-corrected chi connectivity index (χ0v) is 14.6. The Kier molecular flexibility index (Phi) is 5.36. The fraction of sp³-hybridized carbons (Fsp3) is 0.450. The predicted molar refractivity (Wildman–Crippen MR) is 97.6 cm³/mol. The third-order valence-electron chi connectivity index (χ3n) is 4.80. The molecule has 1 aromatic heterocycles. The number of fused-ring (bicyclic) bond motifs is 1. The molecule has 1 aliphatic heterocycles. The van der Waals surface area contributed by atoms with Gasteiger partial charge in [-0.1, -0.05) is 18.6 Å². The summed E-state index contributed by atoms with van der Waals surface area (Å²) in [7, 11) is 1.70. The van der Waals surface area contributed by atoms with E-state index in [9.17, 15) is 4.79 Å². The van der Waals surface area contributed by atoms with Crippen LogP contribution in [0.25, 0.3) is 10.9 Å². The fourth-order valence-corrected chi connectivity index (χ4v) is 3.34. The van der Waals surface area contributed by atoms with Gasteiger partial charge in [-0.05, 0) is 36.6 Å². The molecule has 128 valence electrons. The first-order valence-corrected chi connectivity index (χ1v) is 8.75. The van der Waals surface area contributed by atoms with Crippen LogP contribution in [-0.2, 0) is 11.2 Å². The van der Waals surface area contributed by atoms with Crippen molar-refractivity contribution in [3.8, 4) is 5.75 Å². The van der Waals surface area contributed by atoms with Crippen LogP contribution in [0.5, 0.6) is 5.75 Å². The SMILES string of the molecule is CCC(=O)CCN1CCC=C(Cc2c[nH]c3ccc(OC)cc23)C1. The van der Waals surface area contributed by atoms with Crippen molar-refractivity contribution in [2.45, 2.75) is 32.6 Å². The molecule has 2 aromatic rings. The number of aromatic amines is 1. The van der Waals surface area contributed by atoms with E-state index in [1.54, 1.807) is 7.11 Å². The zero-order chi connectivity index (χ0) is 16.9. The number of nitrogens with zero attached hydrogens (tertiary/aromatic N) is 1. The summed E-state index contributed by atoms with van der Waals surface area (Å²) in [4.78, 5) is 17.3. The quantitative estimate of drug-likeness (QED) is 0.789. The Balaban J connectivity index is 1.67. The molecule has 0 saturated carbocycles. The van der Waals surface area contributed by atoms with Gasteiger partial charge in [0.1, 0.15) is 11.5 Å². The average Bonchev–Trinajstić information content (AvgIpc) is 3.02. The number of hydrogen-bond acceptors (Lipinski definition) is 3. The number of nitrogens with one attached hydrogen (secondary N) is 1. The fourth-order valence-electron chi connectivity index (χ4n) is 3.34. The molecule has 24 heavy (non-hydrogen) atoms. The standard InChI is InChI=1S/C20H26N2O2/c1-3-17(23)8-10-22-9-4-5-15(14-22)11-16-13-21-20-7-6-18(24-2)12-19(16)20/h5-7,12-13,21H,3-4,8-11,14H2,1-2H3. The van der Waals surface area contributed by atoms with Gasteiger partial charge in [-0.2, -0.15) is 0 Å². The number of ketones is 1. The van der Waals surface area contributed by atoms with Crippen LogP contribution in [0, 0.1) is 0 Å². The lowest BCUT2D eigenvalue weighted by atomic mass is 10.00. The monoisotopic (exact) mass is 326 g/mol. The molecule has 1 aliphatic rings. The van der Waals surface area contributed by atoms with Gasteiger partial charge in [0, 0.05) is 49.6 Å². The van der Waals surface area contributed by atoms with Crippen molar-refractivity contribution in [2.75, 3.05) is 26.7 Å². The summed E-state index contributed by atoms with van der Waals surface area (Å²) in [5, 5.41) is 1.23. The smallest absolute Gasteiger partial charge is 0.133 e. The van der Waals surface area contributed by atoms with Gasteiger partial charge in [-0.25, -0.2) is 0 Å². The van der Waals surface area contributed by atoms with Crippen molar-refractivity contribution in [1.29, 1.82) is 0 Å². The lowest BCUT2D eigenvalue weighted by molar-refractivity contribution is -0.119. The Bertz CT molecular complexity index is 745. The molecule has 1 N–H and O–H groups in total. The number of carbonyl (C=O) groups excluding carboxylic acids is 1. The minimum atomic E-state index is 0.356. The van der Waals surface area contributed by atoms with E-state index in [0.29, 0.717) is 18.6 Å². The van der Waals surface area contributed by atoms with Crippen LogP contribution in [0.4, 0.5) is 0 Å². The second-order valence-corrected chi connectivity index (χ2v) is 6.47. The number of carbonyl (C=O) groups is 1. The van der Waals surface area contributed by atoms with Crippen LogP contribution in [0.2, 0.25) is 0 Å². The van der Waals surface area contributed by atoms with Crippen LogP contribution in [0.1, 0.15) is 31.7 Å². The molecule has 4 heteroatoms. The Morgan fingerprint density at radius 2 is 2.25 bits per heavy atom. The molecule has 4 nitrogen and oxygen atoms in total. The van der Waals surface area contributed by atoms with Crippen LogP contribution >= 0.6 is 0 Å². The highest BCUT2D eigenvalue weighted by molar-refractivity contribution is 5.85. The summed E-state index contributed by atoms with van der Waals surface area (Å²) in [6.45, 7) is 4.84. The average molecular weight is 326 g/mol. The molecule has 2 heterocycles. The van der Waals surface area contributed by atoms with Gasteiger partial charge in [-0.3, -0.25) is 9.69 Å². The molecule has 3 rings (SSSR count). The van der Waals surface area contributed by atoms with Gasteiger partial charge < -0.3 is 9.72 Å². The molecule has 0 unspecified atom stereocenters. The number of H-pyrrole nitrogens is 1. The van der Waals surface area contributed by atoms with Gasteiger partial charge in [-0.15, -0.1) is 0 Å². The van der Waals surface area contributed by atoms with Gasteiger partial charge >= 0.3 is 0 Å². The van der Waals surface area contributed by atoms with Crippen molar-refractivity contribution in [3.63, 3.8) is 0 Å². The first-order valence-electron chi connectivity index (χ1n) is 8.75. The van der Waals surface area contributed by atoms with E-state index in [2.05, 4.69) is 34.3 Å². The maximum absolute atomic E-state index is 11.5. The molecule has 0 aliphatic carbocycles. The van der Waals surface area contributed by atoms with Gasteiger partial charge in [0.25, 0.3) is 0 Å². The van der Waals surface area contributed by atoms with Crippen LogP contribution in [0.3, 0.4) is 0 Å². The molecular formula is C20H26N2O2. The molecule has 0 amide bonds. The van der Waals surface area contributed by atoms with E-state index >= 15 is 0 Å². The van der Waals surface area contributed by atoms with Crippen molar-refractivity contribution >= 4 is 16.7 Å². The number of ether oxygens (including phenoxy) is 1. The van der Waals surface area contributed by atoms with Gasteiger partial charge in [0.15, 0.2) is 0 Å². The van der Waals surface area contributed by atoms with E-state index in [1.165, 1.54) is 16.5 Å².